The summed E-state index contributed by atoms with van der Waals surface area (Å²) in [6.45, 7) is 42.1. The quantitative estimate of drug-likeness (QED) is 0.142. The maximum Gasteiger partial charge on any atom is 0.0540 e. The summed E-state index contributed by atoms with van der Waals surface area (Å²) in [7, 11) is 0. The Labute approximate surface area is 638 Å². The third-order valence-corrected chi connectivity index (χ3v) is 23.4. The van der Waals surface area contributed by atoms with Crippen LogP contribution in [0.2, 0.25) is 0 Å². The molecule has 13 aromatic rings. The first-order valence-electron chi connectivity index (χ1n) is 39.0. The molecule has 0 saturated carbocycles. The van der Waals surface area contributed by atoms with Crippen LogP contribution in [-0.4, -0.2) is 0 Å². The maximum atomic E-state index is 2.72. The Bertz CT molecular complexity index is 5240. The first-order chi connectivity index (χ1) is 50.8. The molecule has 13 aromatic carbocycles. The number of hydrogen-bond donors (Lipinski definition) is 0. The number of anilines is 6. The molecule has 0 saturated heterocycles. The minimum atomic E-state index is -0.257. The van der Waals surface area contributed by atoms with E-state index in [9.17, 15) is 0 Å². The molecule has 1 aliphatic carbocycles. The smallest absolute Gasteiger partial charge is 0.0540 e. The van der Waals surface area contributed by atoms with E-state index in [4.69, 9.17) is 0 Å². The second kappa shape index (κ2) is 26.2. The second-order valence-electron chi connectivity index (χ2n) is 37.0. The van der Waals surface area contributed by atoms with E-state index in [0.717, 1.165) is 17.8 Å². The Kier molecular flexibility index (Phi) is 17.3. The van der Waals surface area contributed by atoms with Gasteiger partial charge in [0.2, 0.25) is 0 Å². The van der Waals surface area contributed by atoms with Gasteiger partial charge in [-0.3, -0.25) is 0 Å². The van der Waals surface area contributed by atoms with Crippen molar-refractivity contribution >= 4 is 34.1 Å². The van der Waals surface area contributed by atoms with Crippen molar-refractivity contribution in [2.24, 2.45) is 0 Å². The standard InChI is InChI=1S/C105H104N2/c1-100(2,3)75-43-37-68(38-44-75)87-64-79(104(13,14)15)49-55-91(87)106-93-53-41-72(81-51-47-77(102(7,8)9)62-85(81)66-29-21-19-22-30-66)58-89(93)98-90-59-73(82-52-48-78(103(10,11)12)63-86(82)67-31-23-20-24-32-67)42-54-94(90)107(92-56-50-80(105(16,17)18)65-88(92)69-39-45-76(46-40-69)101(4,5)6)96-61-74(60-95(106)99(96)98)97-83-35-27-25-33-70(83)57-71-34-26-28-36-84(71)97/h19-56,58-65,97-98H,57H2,1-18H3. The fourth-order valence-electron chi connectivity index (χ4n) is 17.1. The molecule has 2 heterocycles. The second-order valence-corrected chi connectivity index (χ2v) is 37.0. The van der Waals surface area contributed by atoms with Gasteiger partial charge in [-0.05, 0) is 228 Å². The highest BCUT2D eigenvalue weighted by molar-refractivity contribution is 6.03. The van der Waals surface area contributed by atoms with E-state index in [1.807, 2.05) is 0 Å². The van der Waals surface area contributed by atoms with E-state index < -0.39 is 0 Å². The minimum absolute atomic E-state index is 0.0275. The van der Waals surface area contributed by atoms with E-state index >= 15 is 0 Å². The van der Waals surface area contributed by atoms with Crippen LogP contribution in [0.25, 0.3) is 66.8 Å². The fourth-order valence-corrected chi connectivity index (χ4v) is 17.1. The number of rotatable bonds is 9. The van der Waals surface area contributed by atoms with Crippen LogP contribution in [0.5, 0.6) is 0 Å². The Hall–Kier alpha value is -10.5. The van der Waals surface area contributed by atoms with E-state index in [-0.39, 0.29) is 44.3 Å². The number of benzene rings is 13. The summed E-state index contributed by atoms with van der Waals surface area (Å²) in [5.74, 6) is -0.333. The van der Waals surface area contributed by atoms with E-state index in [1.54, 1.807) is 0 Å². The molecule has 2 aliphatic heterocycles. The van der Waals surface area contributed by atoms with Crippen molar-refractivity contribution in [3.63, 3.8) is 0 Å². The summed E-state index contributed by atoms with van der Waals surface area (Å²) >= 11 is 0. The highest BCUT2D eigenvalue weighted by atomic mass is 15.2. The monoisotopic (exact) mass is 1390 g/mol. The van der Waals surface area contributed by atoms with Crippen LogP contribution >= 0.6 is 0 Å². The van der Waals surface area contributed by atoms with Crippen LogP contribution < -0.4 is 9.80 Å². The lowest BCUT2D eigenvalue weighted by Crippen LogP contribution is -2.30. The van der Waals surface area contributed by atoms with Crippen LogP contribution in [0.4, 0.5) is 34.1 Å². The highest BCUT2D eigenvalue weighted by Gasteiger charge is 2.45. The highest BCUT2D eigenvalue weighted by Crippen LogP contribution is 2.64. The molecule has 3 aliphatic rings. The summed E-state index contributed by atoms with van der Waals surface area (Å²) in [6, 6.07) is 110. The summed E-state index contributed by atoms with van der Waals surface area (Å²) in [5.41, 5.74) is 39.3. The lowest BCUT2D eigenvalue weighted by atomic mass is 9.71. The molecule has 0 aromatic heterocycles. The molecule has 0 radical (unpaired) electrons. The lowest BCUT2D eigenvalue weighted by Gasteiger charge is -2.47. The maximum absolute atomic E-state index is 2.72. The van der Waals surface area contributed by atoms with E-state index in [2.05, 4.69) is 413 Å². The molecule has 0 N–H and O–H groups in total. The number of nitrogens with zero attached hydrogens (tertiary/aromatic N) is 2. The molecule has 16 rings (SSSR count). The molecule has 2 heteroatoms. The molecule has 0 spiro atoms. The van der Waals surface area contributed by atoms with E-state index in [1.165, 1.54) is 167 Å². The molecule has 2 nitrogen and oxygen atoms in total. The first-order valence-corrected chi connectivity index (χ1v) is 39.0. The van der Waals surface area contributed by atoms with Gasteiger partial charge in [0.05, 0.1) is 34.1 Å². The van der Waals surface area contributed by atoms with Gasteiger partial charge in [0.15, 0.2) is 0 Å². The fraction of sp³-hybridized carbons (Fsp3) is 0.257. The zero-order valence-electron chi connectivity index (χ0n) is 66.3. The van der Waals surface area contributed by atoms with Crippen molar-refractivity contribution in [3.8, 4) is 66.8 Å². The zero-order chi connectivity index (χ0) is 75.0. The van der Waals surface area contributed by atoms with Crippen LogP contribution in [0.15, 0.2) is 279 Å². The van der Waals surface area contributed by atoms with Gasteiger partial charge in [0, 0.05) is 28.5 Å². The van der Waals surface area contributed by atoms with Crippen molar-refractivity contribution < 1.29 is 0 Å². The molecular weight excluding hydrogens is 1290 g/mol. The molecule has 534 valence electrons. The van der Waals surface area contributed by atoms with Gasteiger partial charge in [-0.2, -0.15) is 0 Å². The predicted octanol–water partition coefficient (Wildman–Crippen LogP) is 29.3. The Morgan fingerprint density at radius 1 is 0.215 bits per heavy atom. The van der Waals surface area contributed by atoms with Crippen LogP contribution in [0.1, 0.15) is 214 Å². The molecule has 0 amide bonds. The minimum Gasteiger partial charge on any atom is -0.309 e. The topological polar surface area (TPSA) is 6.48 Å². The lowest BCUT2D eigenvalue weighted by molar-refractivity contribution is 0.589. The van der Waals surface area contributed by atoms with Gasteiger partial charge in [-0.25, -0.2) is 0 Å². The summed E-state index contributed by atoms with van der Waals surface area (Å²) in [5, 5.41) is 0. The molecule has 0 unspecified atom stereocenters. The van der Waals surface area contributed by atoms with Crippen LogP contribution in [0.3, 0.4) is 0 Å². The van der Waals surface area contributed by atoms with Gasteiger partial charge in [0.25, 0.3) is 0 Å². The SMILES string of the molecule is CC(C)(C)c1ccc(-c2cc(C(C)(C)C)ccc2N2c3ccc(-c4ccc(C(C)(C)C)cc4-c4ccccc4)cc3C3c4cc(-c5ccc(C(C)(C)C)cc5-c5ccccc5)ccc4N(c4ccc(C(C)(C)C)cc4-c4ccc(C(C)(C)C)cc4)c4cc(C5c6ccccc6Cc6ccccc65)cc2c43)cc1. The van der Waals surface area contributed by atoms with E-state index in [0.29, 0.717) is 0 Å². The van der Waals surface area contributed by atoms with Crippen molar-refractivity contribution in [2.45, 2.75) is 175 Å². The van der Waals surface area contributed by atoms with Crippen molar-refractivity contribution in [1.29, 1.82) is 0 Å². The van der Waals surface area contributed by atoms with Gasteiger partial charge < -0.3 is 9.80 Å². The Morgan fingerprint density at radius 3 is 0.879 bits per heavy atom. The molecular formula is C105H104N2. The first kappa shape index (κ1) is 70.8. The van der Waals surface area contributed by atoms with Gasteiger partial charge in [-0.1, -0.05) is 343 Å². The number of hydrogen-bond acceptors (Lipinski definition) is 2. The van der Waals surface area contributed by atoms with Gasteiger partial charge in [-0.15, -0.1) is 0 Å². The molecule has 0 atom stereocenters. The zero-order valence-corrected chi connectivity index (χ0v) is 66.3. The van der Waals surface area contributed by atoms with Crippen LogP contribution in [-0.2, 0) is 38.9 Å². The normalized spacial score (nSPS) is 13.9. The van der Waals surface area contributed by atoms with Crippen molar-refractivity contribution in [3.05, 3.63) is 357 Å². The third-order valence-electron chi connectivity index (χ3n) is 23.4. The largest absolute Gasteiger partial charge is 0.309 e. The van der Waals surface area contributed by atoms with Gasteiger partial charge in [0.1, 0.15) is 0 Å². The molecule has 0 fully saturated rings. The summed E-state index contributed by atoms with van der Waals surface area (Å²) < 4.78 is 0. The average molecular weight is 1390 g/mol. The summed E-state index contributed by atoms with van der Waals surface area (Å²) in [4.78, 5) is 5.44. The molecule has 0 bridgehead atoms. The number of fused-ring (bicyclic) bond motifs is 6. The predicted molar refractivity (Wildman–Crippen MR) is 458 cm³/mol. The molecule has 107 heavy (non-hydrogen) atoms. The summed E-state index contributed by atoms with van der Waals surface area (Å²) in [6.07, 6.45) is 0.886. The van der Waals surface area contributed by atoms with Gasteiger partial charge >= 0.3 is 0 Å². The Morgan fingerprint density at radius 2 is 0.514 bits per heavy atom. The van der Waals surface area contributed by atoms with Crippen molar-refractivity contribution in [1.82, 2.24) is 0 Å². The average Bonchev–Trinajstić information content (AvgIpc) is 0.687. The van der Waals surface area contributed by atoms with Crippen molar-refractivity contribution in [2.75, 3.05) is 9.80 Å². The Balaban J connectivity index is 1.08. The van der Waals surface area contributed by atoms with Crippen LogP contribution in [0, 0.1) is 0 Å². The third kappa shape index (κ3) is 13.0.